The molecule has 0 saturated carbocycles. The molecule has 7 heteroatoms. The van der Waals surface area contributed by atoms with Gasteiger partial charge in [0, 0.05) is 32.0 Å². The van der Waals surface area contributed by atoms with Gasteiger partial charge in [-0.2, -0.15) is 5.10 Å². The molecule has 0 N–H and O–H groups in total. The van der Waals surface area contributed by atoms with E-state index in [9.17, 15) is 4.79 Å². The van der Waals surface area contributed by atoms with Crippen LogP contribution in [0.15, 0.2) is 37.2 Å². The fourth-order valence-electron chi connectivity index (χ4n) is 3.59. The van der Waals surface area contributed by atoms with Gasteiger partial charge in [0.25, 0.3) is 0 Å². The molecule has 1 amide bonds. The van der Waals surface area contributed by atoms with Crippen molar-refractivity contribution in [3.8, 4) is 0 Å². The fraction of sp³-hybridized carbons (Fsp3) is 0.529. The first-order valence-corrected chi connectivity index (χ1v) is 8.27. The summed E-state index contributed by atoms with van der Waals surface area (Å²) in [5, 5.41) is 4.07. The summed E-state index contributed by atoms with van der Waals surface area (Å²) in [5.74, 6) is 0.455. The van der Waals surface area contributed by atoms with E-state index >= 15 is 0 Å². The highest BCUT2D eigenvalue weighted by molar-refractivity contribution is 5.79. The van der Waals surface area contributed by atoms with Gasteiger partial charge in [-0.25, -0.2) is 9.67 Å². The number of rotatable bonds is 5. The van der Waals surface area contributed by atoms with Crippen LogP contribution >= 0.6 is 0 Å². The number of likely N-dealkylation sites (N-methyl/N-ethyl adjacent to an activating group) is 1. The summed E-state index contributed by atoms with van der Waals surface area (Å²) in [7, 11) is 4.01. The molecule has 0 radical (unpaired) electrons. The Morgan fingerprint density at radius 3 is 2.96 bits per heavy atom. The van der Waals surface area contributed by atoms with Gasteiger partial charge in [0.1, 0.15) is 18.7 Å². The Balaban J connectivity index is 1.69. The lowest BCUT2D eigenvalue weighted by Gasteiger charge is -2.29. The van der Waals surface area contributed by atoms with Gasteiger partial charge in [-0.05, 0) is 44.5 Å². The van der Waals surface area contributed by atoms with Gasteiger partial charge in [-0.1, -0.05) is 6.07 Å². The quantitative estimate of drug-likeness (QED) is 0.830. The van der Waals surface area contributed by atoms with Crippen LogP contribution in [-0.4, -0.2) is 62.6 Å². The van der Waals surface area contributed by atoms with Crippen LogP contribution in [0, 0.1) is 5.92 Å². The number of aromatic nitrogens is 4. The normalized spacial score (nSPS) is 22.5. The number of amides is 1. The maximum Gasteiger partial charge on any atom is 0.246 e. The summed E-state index contributed by atoms with van der Waals surface area (Å²) in [6.07, 6.45) is 7.83. The zero-order valence-corrected chi connectivity index (χ0v) is 14.4. The molecule has 1 fully saturated rings. The van der Waals surface area contributed by atoms with Crippen molar-refractivity contribution in [2.45, 2.75) is 25.4 Å². The van der Waals surface area contributed by atoms with Crippen molar-refractivity contribution in [3.63, 3.8) is 0 Å². The molecule has 7 nitrogen and oxygen atoms in total. The number of nitrogens with zero attached hydrogens (tertiary/aromatic N) is 6. The first-order valence-electron chi connectivity index (χ1n) is 8.27. The Labute approximate surface area is 142 Å². The molecule has 0 spiro atoms. The van der Waals surface area contributed by atoms with Crippen LogP contribution in [0.3, 0.4) is 0 Å². The van der Waals surface area contributed by atoms with Crippen LogP contribution in [0.4, 0.5) is 0 Å². The van der Waals surface area contributed by atoms with E-state index in [1.807, 2.05) is 31.1 Å². The number of carbonyl (C=O) groups is 1. The minimum absolute atomic E-state index is 0.0555. The zero-order valence-electron chi connectivity index (χ0n) is 14.4. The van der Waals surface area contributed by atoms with Gasteiger partial charge >= 0.3 is 0 Å². The van der Waals surface area contributed by atoms with Crippen LogP contribution in [0.5, 0.6) is 0 Å². The molecule has 1 saturated heterocycles. The highest BCUT2D eigenvalue weighted by atomic mass is 16.2. The van der Waals surface area contributed by atoms with Crippen molar-refractivity contribution in [2.75, 3.05) is 27.2 Å². The third-order valence-corrected chi connectivity index (χ3v) is 4.88. The Kier molecular flexibility index (Phi) is 4.89. The Morgan fingerprint density at radius 1 is 1.46 bits per heavy atom. The molecule has 0 bridgehead atoms. The van der Waals surface area contributed by atoms with Crippen molar-refractivity contribution in [1.29, 1.82) is 0 Å². The second-order valence-electron chi connectivity index (χ2n) is 6.53. The lowest BCUT2D eigenvalue weighted by Crippen LogP contribution is -2.38. The molecule has 24 heavy (non-hydrogen) atoms. The molecule has 3 atom stereocenters. The molecule has 0 aromatic carbocycles. The van der Waals surface area contributed by atoms with Gasteiger partial charge in [0.05, 0.1) is 0 Å². The lowest BCUT2D eigenvalue weighted by atomic mass is 9.94. The van der Waals surface area contributed by atoms with Gasteiger partial charge in [0.15, 0.2) is 0 Å². The minimum atomic E-state index is -0.339. The molecule has 3 rings (SSSR count). The highest BCUT2D eigenvalue weighted by Gasteiger charge is 2.35. The summed E-state index contributed by atoms with van der Waals surface area (Å²) in [4.78, 5) is 25.0. The molecule has 3 heterocycles. The van der Waals surface area contributed by atoms with Gasteiger partial charge in [-0.15, -0.1) is 0 Å². The minimum Gasteiger partial charge on any atom is -0.344 e. The molecule has 0 aliphatic carbocycles. The van der Waals surface area contributed by atoms with Crippen LogP contribution in [0.1, 0.15) is 31.0 Å². The van der Waals surface area contributed by atoms with Crippen LogP contribution < -0.4 is 0 Å². The highest BCUT2D eigenvalue weighted by Crippen LogP contribution is 2.36. The number of hydrogen-bond donors (Lipinski definition) is 0. The van der Waals surface area contributed by atoms with E-state index in [2.05, 4.69) is 33.1 Å². The van der Waals surface area contributed by atoms with E-state index in [4.69, 9.17) is 0 Å². The van der Waals surface area contributed by atoms with Crippen molar-refractivity contribution >= 4 is 5.91 Å². The van der Waals surface area contributed by atoms with E-state index in [1.54, 1.807) is 17.2 Å². The topological polar surface area (TPSA) is 67.2 Å². The van der Waals surface area contributed by atoms with Crippen LogP contribution in [0.2, 0.25) is 0 Å². The predicted octanol–water partition coefficient (Wildman–Crippen LogP) is 1.39. The molecule has 1 aliphatic heterocycles. The lowest BCUT2D eigenvalue weighted by molar-refractivity contribution is -0.133. The van der Waals surface area contributed by atoms with Gasteiger partial charge in [-0.3, -0.25) is 14.7 Å². The van der Waals surface area contributed by atoms with Crippen LogP contribution in [0.25, 0.3) is 0 Å². The second-order valence-corrected chi connectivity index (χ2v) is 6.53. The monoisotopic (exact) mass is 328 g/mol. The molecule has 2 aromatic heterocycles. The van der Waals surface area contributed by atoms with E-state index < -0.39 is 0 Å². The maximum atomic E-state index is 12.7. The van der Waals surface area contributed by atoms with Crippen molar-refractivity contribution in [3.05, 3.63) is 42.7 Å². The van der Waals surface area contributed by atoms with E-state index in [1.165, 1.54) is 11.9 Å². The Hall–Kier alpha value is -2.28. The maximum absolute atomic E-state index is 12.7. The summed E-state index contributed by atoms with van der Waals surface area (Å²) >= 11 is 0. The fourth-order valence-corrected chi connectivity index (χ4v) is 3.59. The van der Waals surface area contributed by atoms with Crippen LogP contribution in [-0.2, 0) is 4.79 Å². The predicted molar refractivity (Wildman–Crippen MR) is 90.1 cm³/mol. The average molecular weight is 328 g/mol. The summed E-state index contributed by atoms with van der Waals surface area (Å²) in [6, 6.07) is 4.05. The third-order valence-electron chi connectivity index (χ3n) is 4.88. The molecule has 0 unspecified atom stereocenters. The molecular formula is C17H24N6O. The second kappa shape index (κ2) is 7.09. The third kappa shape index (κ3) is 3.31. The molecular weight excluding hydrogens is 304 g/mol. The standard InChI is InChI=1S/C17H24N6O/c1-13(23-12-19-11-20-23)17(24)22(3)10-15-6-8-21(2)16(15)14-5-4-7-18-9-14/h4-5,7,9,11-13,15-16H,6,8,10H2,1-3H3/t13-,15-,16-/m0/s1. The first-order chi connectivity index (χ1) is 11.6. The van der Waals surface area contributed by atoms with E-state index in [0.29, 0.717) is 12.0 Å². The largest absolute Gasteiger partial charge is 0.344 e. The average Bonchev–Trinajstić information content (AvgIpc) is 3.24. The molecule has 128 valence electrons. The first kappa shape index (κ1) is 16.6. The Morgan fingerprint density at radius 2 is 2.29 bits per heavy atom. The number of likely N-dealkylation sites (tertiary alicyclic amines) is 1. The zero-order chi connectivity index (χ0) is 17.1. The Bertz CT molecular complexity index is 659. The van der Waals surface area contributed by atoms with Gasteiger partial charge in [0.2, 0.25) is 5.91 Å². The molecule has 2 aromatic rings. The molecule has 1 aliphatic rings. The van der Waals surface area contributed by atoms with Crippen molar-refractivity contribution in [1.82, 2.24) is 29.5 Å². The smallest absolute Gasteiger partial charge is 0.246 e. The number of pyridine rings is 1. The van der Waals surface area contributed by atoms with Crippen molar-refractivity contribution in [2.24, 2.45) is 5.92 Å². The SMILES string of the molecule is C[C@@H](C(=O)N(C)C[C@@H]1CCN(C)[C@H]1c1cccnc1)n1cncn1. The van der Waals surface area contributed by atoms with Crippen molar-refractivity contribution < 1.29 is 4.79 Å². The summed E-state index contributed by atoms with van der Waals surface area (Å²) < 4.78 is 1.60. The summed E-state index contributed by atoms with van der Waals surface area (Å²) in [5.41, 5.74) is 1.22. The van der Waals surface area contributed by atoms with Gasteiger partial charge < -0.3 is 4.90 Å². The van der Waals surface area contributed by atoms with E-state index in [0.717, 1.165) is 19.5 Å². The number of carbonyl (C=O) groups excluding carboxylic acids is 1. The summed E-state index contributed by atoms with van der Waals surface area (Å²) in [6.45, 7) is 3.61. The number of hydrogen-bond acceptors (Lipinski definition) is 5. The van der Waals surface area contributed by atoms with E-state index in [-0.39, 0.29) is 11.9 Å².